The van der Waals surface area contributed by atoms with Gasteiger partial charge in [-0.05, 0) is 74.2 Å². The first-order chi connectivity index (χ1) is 16.1. The van der Waals surface area contributed by atoms with Gasteiger partial charge in [-0.3, -0.25) is 4.79 Å². The summed E-state index contributed by atoms with van der Waals surface area (Å²) in [6.07, 6.45) is 1.89. The molecule has 0 saturated heterocycles. The fraction of sp³-hybridized carbons (Fsp3) is 0.280. The van der Waals surface area contributed by atoms with Gasteiger partial charge in [-0.1, -0.05) is 35.9 Å². The van der Waals surface area contributed by atoms with Crippen molar-refractivity contribution in [2.45, 2.75) is 50.7 Å². The number of nitrogens with one attached hydrogen (secondary N) is 2. The van der Waals surface area contributed by atoms with Gasteiger partial charge in [0.2, 0.25) is 15.9 Å². The van der Waals surface area contributed by atoms with Gasteiger partial charge in [0.25, 0.3) is 0 Å². The lowest BCUT2D eigenvalue weighted by molar-refractivity contribution is -0.123. The molecule has 2 aromatic carbocycles. The van der Waals surface area contributed by atoms with Crippen LogP contribution in [0.25, 0.3) is 0 Å². The number of carbonyl (C=O) groups is 1. The molecule has 0 aliphatic rings. The summed E-state index contributed by atoms with van der Waals surface area (Å²) in [6, 6.07) is 16.4. The SMILES string of the molecule is Cc1ccc(C)c(S(=O)(=O)NC(CC(C)n2cccc2C#N)C(=O)NCc2ccc(Cl)cc2)c1. The zero-order chi connectivity index (χ0) is 24.9. The summed E-state index contributed by atoms with van der Waals surface area (Å²) >= 11 is 5.92. The number of benzene rings is 2. The van der Waals surface area contributed by atoms with Gasteiger partial charge in [0, 0.05) is 23.8 Å². The largest absolute Gasteiger partial charge is 0.351 e. The maximum Gasteiger partial charge on any atom is 0.241 e. The number of amides is 1. The molecule has 1 heterocycles. The van der Waals surface area contributed by atoms with Crippen molar-refractivity contribution in [2.75, 3.05) is 0 Å². The molecule has 0 bridgehead atoms. The van der Waals surface area contributed by atoms with E-state index in [9.17, 15) is 18.5 Å². The van der Waals surface area contributed by atoms with Crippen LogP contribution in [0.4, 0.5) is 0 Å². The third kappa shape index (κ3) is 6.26. The number of aryl methyl sites for hydroxylation is 2. The van der Waals surface area contributed by atoms with Crippen LogP contribution in [-0.2, 0) is 21.4 Å². The molecule has 2 unspecified atom stereocenters. The molecule has 3 aromatic rings. The van der Waals surface area contributed by atoms with Crippen molar-refractivity contribution in [1.82, 2.24) is 14.6 Å². The van der Waals surface area contributed by atoms with Crippen molar-refractivity contribution in [3.63, 3.8) is 0 Å². The van der Waals surface area contributed by atoms with E-state index in [0.717, 1.165) is 11.1 Å². The molecule has 3 rings (SSSR count). The molecule has 34 heavy (non-hydrogen) atoms. The predicted molar refractivity (Wildman–Crippen MR) is 132 cm³/mol. The van der Waals surface area contributed by atoms with E-state index in [2.05, 4.69) is 16.1 Å². The summed E-state index contributed by atoms with van der Waals surface area (Å²) < 4.78 is 30.8. The van der Waals surface area contributed by atoms with E-state index in [1.807, 2.05) is 19.9 Å². The standard InChI is InChI=1S/C25H27ClN4O3S/c1-17-6-7-18(2)24(13-17)34(32,33)29-23(14-19(3)30-12-4-5-22(30)15-27)25(31)28-16-20-8-10-21(26)11-9-20/h4-13,19,23,29H,14,16H2,1-3H3,(H,28,31). The van der Waals surface area contributed by atoms with Gasteiger partial charge in [0.05, 0.1) is 4.90 Å². The molecule has 0 radical (unpaired) electrons. The Hall–Kier alpha value is -3.12. The number of nitrogens with zero attached hydrogens (tertiary/aromatic N) is 2. The minimum atomic E-state index is -3.98. The number of sulfonamides is 1. The lowest BCUT2D eigenvalue weighted by atomic mass is 10.1. The maximum atomic E-state index is 13.3. The number of rotatable bonds is 9. The third-order valence-corrected chi connectivity index (χ3v) is 7.44. The van der Waals surface area contributed by atoms with Crippen molar-refractivity contribution < 1.29 is 13.2 Å². The second-order valence-electron chi connectivity index (χ2n) is 8.28. The minimum absolute atomic E-state index is 0.134. The van der Waals surface area contributed by atoms with Gasteiger partial charge in [-0.15, -0.1) is 0 Å². The Morgan fingerprint density at radius 1 is 1.15 bits per heavy atom. The zero-order valence-corrected chi connectivity index (χ0v) is 20.8. The fourth-order valence-corrected chi connectivity index (χ4v) is 5.36. The first-order valence-electron chi connectivity index (χ1n) is 10.8. The van der Waals surface area contributed by atoms with Gasteiger partial charge in [-0.2, -0.15) is 9.98 Å². The van der Waals surface area contributed by atoms with Crippen molar-refractivity contribution in [2.24, 2.45) is 0 Å². The molecule has 0 aliphatic heterocycles. The Morgan fingerprint density at radius 2 is 1.85 bits per heavy atom. The van der Waals surface area contributed by atoms with Crippen LogP contribution in [0, 0.1) is 25.2 Å². The molecular weight excluding hydrogens is 472 g/mol. The molecule has 0 fully saturated rings. The van der Waals surface area contributed by atoms with Crippen LogP contribution in [0.15, 0.2) is 65.7 Å². The summed E-state index contributed by atoms with van der Waals surface area (Å²) in [5, 5.41) is 12.8. The van der Waals surface area contributed by atoms with Gasteiger partial charge in [-0.25, -0.2) is 8.42 Å². The van der Waals surface area contributed by atoms with Crippen molar-refractivity contribution >= 4 is 27.5 Å². The van der Waals surface area contributed by atoms with Crippen molar-refractivity contribution in [1.29, 1.82) is 5.26 Å². The molecular formula is C25H27ClN4O3S. The predicted octanol–water partition coefficient (Wildman–Crippen LogP) is 4.24. The van der Waals surface area contributed by atoms with E-state index < -0.39 is 22.0 Å². The van der Waals surface area contributed by atoms with Crippen molar-refractivity contribution in [3.05, 3.63) is 88.2 Å². The third-order valence-electron chi connectivity index (χ3n) is 5.57. The van der Waals surface area contributed by atoms with Gasteiger partial charge in [0.1, 0.15) is 17.8 Å². The highest BCUT2D eigenvalue weighted by Crippen LogP contribution is 2.21. The van der Waals surface area contributed by atoms with Crippen LogP contribution < -0.4 is 10.0 Å². The monoisotopic (exact) mass is 498 g/mol. The lowest BCUT2D eigenvalue weighted by Crippen LogP contribution is -2.47. The Bertz CT molecular complexity index is 1310. The molecule has 1 aromatic heterocycles. The lowest BCUT2D eigenvalue weighted by Gasteiger charge is -2.24. The van der Waals surface area contributed by atoms with Crippen LogP contribution in [0.3, 0.4) is 0 Å². The molecule has 178 valence electrons. The molecule has 0 saturated carbocycles. The highest BCUT2D eigenvalue weighted by Gasteiger charge is 2.29. The fourth-order valence-electron chi connectivity index (χ4n) is 3.70. The topological polar surface area (TPSA) is 104 Å². The van der Waals surface area contributed by atoms with Crippen LogP contribution in [0.2, 0.25) is 5.02 Å². The van der Waals surface area contributed by atoms with Crippen LogP contribution in [0.1, 0.15) is 41.8 Å². The Labute approximate surface area is 205 Å². The number of carbonyl (C=O) groups excluding carboxylic acids is 1. The van der Waals surface area contributed by atoms with E-state index in [0.29, 0.717) is 16.3 Å². The highest BCUT2D eigenvalue weighted by atomic mass is 35.5. The summed E-state index contributed by atoms with van der Waals surface area (Å²) in [4.78, 5) is 13.3. The number of halogens is 1. The second-order valence-corrected chi connectivity index (χ2v) is 10.4. The molecule has 7 nitrogen and oxygen atoms in total. The van der Waals surface area contributed by atoms with E-state index in [-0.39, 0.29) is 23.9 Å². The van der Waals surface area contributed by atoms with Gasteiger partial charge >= 0.3 is 0 Å². The second kappa shape index (κ2) is 10.9. The molecule has 2 N–H and O–H groups in total. The summed E-state index contributed by atoms with van der Waals surface area (Å²) in [5.41, 5.74) is 2.65. The van der Waals surface area contributed by atoms with Crippen LogP contribution in [-0.4, -0.2) is 24.9 Å². The number of hydrogen-bond donors (Lipinski definition) is 2. The van der Waals surface area contributed by atoms with Crippen LogP contribution >= 0.6 is 11.6 Å². The van der Waals surface area contributed by atoms with E-state index in [1.165, 1.54) is 0 Å². The number of nitriles is 1. The Balaban J connectivity index is 1.85. The average Bonchev–Trinajstić information content (AvgIpc) is 3.28. The first-order valence-corrected chi connectivity index (χ1v) is 12.7. The molecule has 0 aliphatic carbocycles. The quantitative estimate of drug-likeness (QED) is 0.460. The average molecular weight is 499 g/mol. The summed E-state index contributed by atoms with van der Waals surface area (Å²) in [5.74, 6) is -0.457. The molecule has 2 atom stereocenters. The molecule has 1 amide bonds. The van der Waals surface area contributed by atoms with E-state index in [4.69, 9.17) is 11.6 Å². The Kier molecular flexibility index (Phi) is 8.15. The minimum Gasteiger partial charge on any atom is -0.351 e. The molecule has 9 heteroatoms. The smallest absolute Gasteiger partial charge is 0.241 e. The van der Waals surface area contributed by atoms with Gasteiger partial charge < -0.3 is 9.88 Å². The van der Waals surface area contributed by atoms with E-state index in [1.54, 1.807) is 66.2 Å². The normalized spacial score (nSPS) is 13.1. The Morgan fingerprint density at radius 3 is 2.53 bits per heavy atom. The number of hydrogen-bond acceptors (Lipinski definition) is 4. The maximum absolute atomic E-state index is 13.3. The number of aromatic nitrogens is 1. The van der Waals surface area contributed by atoms with Crippen LogP contribution in [0.5, 0.6) is 0 Å². The zero-order valence-electron chi connectivity index (χ0n) is 19.2. The van der Waals surface area contributed by atoms with Crippen molar-refractivity contribution in [3.8, 4) is 6.07 Å². The summed E-state index contributed by atoms with van der Waals surface area (Å²) in [6.45, 7) is 5.59. The van der Waals surface area contributed by atoms with Gasteiger partial charge in [0.15, 0.2) is 0 Å². The van der Waals surface area contributed by atoms with E-state index >= 15 is 0 Å². The molecule has 0 spiro atoms. The first kappa shape index (κ1) is 25.5. The highest BCUT2D eigenvalue weighted by molar-refractivity contribution is 7.89. The summed E-state index contributed by atoms with van der Waals surface area (Å²) in [7, 11) is -3.98.